The molecule has 5 heteroatoms. The number of rotatable bonds is 3. The minimum Gasteiger partial charge on any atom is -0.478 e. The Morgan fingerprint density at radius 2 is 2.18 bits per heavy atom. The van der Waals surface area contributed by atoms with Crippen molar-refractivity contribution in [2.24, 2.45) is 5.92 Å². The summed E-state index contributed by atoms with van der Waals surface area (Å²) in [7, 11) is 0. The molecule has 1 fully saturated rings. The zero-order valence-electron chi connectivity index (χ0n) is 9.53. The van der Waals surface area contributed by atoms with E-state index in [0.717, 1.165) is 12.8 Å². The molecule has 0 saturated heterocycles. The number of hydrogen-bond donors (Lipinski definition) is 3. The number of carbonyl (C=O) groups is 1. The van der Waals surface area contributed by atoms with E-state index in [1.807, 2.05) is 0 Å². The van der Waals surface area contributed by atoms with Crippen molar-refractivity contribution in [3.05, 3.63) is 22.7 Å². The molecule has 0 unspecified atom stereocenters. The molecule has 0 radical (unpaired) electrons. The van der Waals surface area contributed by atoms with Crippen molar-refractivity contribution in [3.8, 4) is 0 Å². The van der Waals surface area contributed by atoms with Gasteiger partial charge in [0.2, 0.25) is 0 Å². The Labute approximate surface area is 105 Å². The van der Waals surface area contributed by atoms with Crippen LogP contribution in [0.4, 0.5) is 11.4 Å². The number of nitrogens with two attached hydrogens (primary N) is 1. The number of carboxylic acid groups (broad SMARTS) is 1. The summed E-state index contributed by atoms with van der Waals surface area (Å²) in [5, 5.41) is 12.7. The standard InChI is InChI=1S/C12H15ClN2O2/c1-6-2-8(3-6)15-11-9(12(16)17)4-7(14)5-10(11)13/h4-6,8,15H,2-3,14H2,1H3,(H,16,17). The summed E-state index contributed by atoms with van der Waals surface area (Å²) < 4.78 is 0. The predicted molar refractivity (Wildman–Crippen MR) is 68.6 cm³/mol. The Balaban J connectivity index is 2.28. The maximum atomic E-state index is 11.1. The summed E-state index contributed by atoms with van der Waals surface area (Å²) in [6.07, 6.45) is 2.08. The van der Waals surface area contributed by atoms with Crippen molar-refractivity contribution in [1.82, 2.24) is 0 Å². The highest BCUT2D eigenvalue weighted by atomic mass is 35.5. The summed E-state index contributed by atoms with van der Waals surface area (Å²) in [5.74, 6) is -0.331. The molecule has 1 aliphatic carbocycles. The SMILES string of the molecule is CC1CC(Nc2c(Cl)cc(N)cc2C(=O)O)C1. The molecule has 1 aromatic rings. The molecule has 4 N–H and O–H groups in total. The second kappa shape index (κ2) is 4.45. The van der Waals surface area contributed by atoms with Gasteiger partial charge in [0, 0.05) is 11.7 Å². The third kappa shape index (κ3) is 2.47. The van der Waals surface area contributed by atoms with Crippen LogP contribution in [-0.2, 0) is 0 Å². The molecule has 92 valence electrons. The highest BCUT2D eigenvalue weighted by Gasteiger charge is 2.27. The van der Waals surface area contributed by atoms with E-state index in [4.69, 9.17) is 22.4 Å². The summed E-state index contributed by atoms with van der Waals surface area (Å²) in [4.78, 5) is 11.1. The minimum absolute atomic E-state index is 0.134. The Hall–Kier alpha value is -1.42. The van der Waals surface area contributed by atoms with Gasteiger partial charge in [-0.2, -0.15) is 0 Å². The van der Waals surface area contributed by atoms with Gasteiger partial charge in [-0.15, -0.1) is 0 Å². The molecular formula is C12H15ClN2O2. The lowest BCUT2D eigenvalue weighted by Gasteiger charge is -2.34. The largest absolute Gasteiger partial charge is 0.478 e. The summed E-state index contributed by atoms with van der Waals surface area (Å²) in [6, 6.07) is 3.31. The average Bonchev–Trinajstić information content (AvgIpc) is 2.18. The van der Waals surface area contributed by atoms with Crippen LogP contribution in [0.5, 0.6) is 0 Å². The molecule has 0 atom stereocenters. The fraction of sp³-hybridized carbons (Fsp3) is 0.417. The number of carboxylic acids is 1. The number of anilines is 2. The number of benzene rings is 1. The Morgan fingerprint density at radius 3 is 2.71 bits per heavy atom. The van der Waals surface area contributed by atoms with E-state index in [9.17, 15) is 4.79 Å². The van der Waals surface area contributed by atoms with Crippen LogP contribution in [-0.4, -0.2) is 17.1 Å². The maximum Gasteiger partial charge on any atom is 0.337 e. The highest BCUT2D eigenvalue weighted by Crippen LogP contribution is 2.35. The molecule has 0 heterocycles. The molecule has 1 aliphatic rings. The molecule has 0 amide bonds. The maximum absolute atomic E-state index is 11.1. The molecule has 1 saturated carbocycles. The zero-order chi connectivity index (χ0) is 12.6. The Morgan fingerprint density at radius 1 is 1.53 bits per heavy atom. The zero-order valence-corrected chi connectivity index (χ0v) is 10.3. The van der Waals surface area contributed by atoms with Crippen LogP contribution in [0.3, 0.4) is 0 Å². The normalized spacial score (nSPS) is 22.9. The molecular weight excluding hydrogens is 240 g/mol. The van der Waals surface area contributed by atoms with Gasteiger partial charge in [0.05, 0.1) is 16.3 Å². The van der Waals surface area contributed by atoms with Gasteiger partial charge in [0.15, 0.2) is 0 Å². The third-order valence-electron chi connectivity index (χ3n) is 3.07. The quantitative estimate of drug-likeness (QED) is 0.725. The van der Waals surface area contributed by atoms with Gasteiger partial charge in [-0.25, -0.2) is 4.79 Å². The predicted octanol–water partition coefficient (Wildman–Crippen LogP) is 2.83. The van der Waals surface area contributed by atoms with Gasteiger partial charge in [-0.3, -0.25) is 0 Å². The van der Waals surface area contributed by atoms with Gasteiger partial charge in [-0.05, 0) is 30.9 Å². The smallest absolute Gasteiger partial charge is 0.337 e. The fourth-order valence-electron chi connectivity index (χ4n) is 2.17. The van der Waals surface area contributed by atoms with Crippen molar-refractivity contribution in [1.29, 1.82) is 0 Å². The van der Waals surface area contributed by atoms with E-state index in [1.165, 1.54) is 6.07 Å². The topological polar surface area (TPSA) is 75.3 Å². The third-order valence-corrected chi connectivity index (χ3v) is 3.36. The summed E-state index contributed by atoms with van der Waals surface area (Å²) in [6.45, 7) is 2.17. The van der Waals surface area contributed by atoms with Gasteiger partial charge in [0.25, 0.3) is 0 Å². The molecule has 0 aliphatic heterocycles. The number of halogens is 1. The van der Waals surface area contributed by atoms with E-state index < -0.39 is 5.97 Å². The Kier molecular flexibility index (Phi) is 3.15. The van der Waals surface area contributed by atoms with Crippen LogP contribution >= 0.6 is 11.6 Å². The van der Waals surface area contributed by atoms with Crippen LogP contribution in [0.25, 0.3) is 0 Å². The van der Waals surface area contributed by atoms with Gasteiger partial charge >= 0.3 is 5.97 Å². The van der Waals surface area contributed by atoms with Crippen LogP contribution in [0.15, 0.2) is 12.1 Å². The number of nitrogen functional groups attached to an aromatic ring is 1. The monoisotopic (exact) mass is 254 g/mol. The molecule has 0 spiro atoms. The van der Waals surface area contributed by atoms with E-state index in [1.54, 1.807) is 6.07 Å². The number of hydrogen-bond acceptors (Lipinski definition) is 3. The summed E-state index contributed by atoms with van der Waals surface area (Å²) >= 11 is 6.03. The van der Waals surface area contributed by atoms with Crippen LogP contribution in [0, 0.1) is 5.92 Å². The molecule has 17 heavy (non-hydrogen) atoms. The first-order valence-electron chi connectivity index (χ1n) is 5.56. The first-order valence-corrected chi connectivity index (χ1v) is 5.94. The lowest BCUT2D eigenvalue weighted by atomic mass is 9.81. The fourth-order valence-corrected chi connectivity index (χ4v) is 2.45. The van der Waals surface area contributed by atoms with Gasteiger partial charge < -0.3 is 16.2 Å². The first-order chi connectivity index (χ1) is 7.97. The van der Waals surface area contributed by atoms with Crippen molar-refractivity contribution in [2.75, 3.05) is 11.1 Å². The Bertz CT molecular complexity index is 456. The molecule has 0 aromatic heterocycles. The van der Waals surface area contributed by atoms with Crippen molar-refractivity contribution in [3.63, 3.8) is 0 Å². The van der Waals surface area contributed by atoms with Crippen molar-refractivity contribution in [2.45, 2.75) is 25.8 Å². The van der Waals surface area contributed by atoms with E-state index in [-0.39, 0.29) is 5.56 Å². The average molecular weight is 255 g/mol. The molecule has 2 rings (SSSR count). The highest BCUT2D eigenvalue weighted by molar-refractivity contribution is 6.34. The lowest BCUT2D eigenvalue weighted by molar-refractivity contribution is 0.0698. The lowest BCUT2D eigenvalue weighted by Crippen LogP contribution is -2.34. The molecule has 4 nitrogen and oxygen atoms in total. The second-order valence-electron chi connectivity index (χ2n) is 4.65. The first kappa shape index (κ1) is 12.0. The van der Waals surface area contributed by atoms with E-state index in [2.05, 4.69) is 12.2 Å². The van der Waals surface area contributed by atoms with Crippen LogP contribution < -0.4 is 11.1 Å². The molecule has 0 bridgehead atoms. The number of aromatic carboxylic acids is 1. The summed E-state index contributed by atoms with van der Waals surface area (Å²) in [5.41, 5.74) is 6.56. The van der Waals surface area contributed by atoms with E-state index >= 15 is 0 Å². The van der Waals surface area contributed by atoms with Gasteiger partial charge in [-0.1, -0.05) is 18.5 Å². The number of nitrogens with one attached hydrogen (secondary N) is 1. The van der Waals surface area contributed by atoms with Crippen molar-refractivity contribution >= 4 is 28.9 Å². The van der Waals surface area contributed by atoms with Crippen LogP contribution in [0.1, 0.15) is 30.1 Å². The molecule has 1 aromatic carbocycles. The minimum atomic E-state index is -1.02. The van der Waals surface area contributed by atoms with Crippen molar-refractivity contribution < 1.29 is 9.90 Å². The van der Waals surface area contributed by atoms with Crippen LogP contribution in [0.2, 0.25) is 5.02 Å². The second-order valence-corrected chi connectivity index (χ2v) is 5.06. The van der Waals surface area contributed by atoms with E-state index in [0.29, 0.717) is 28.4 Å². The van der Waals surface area contributed by atoms with Gasteiger partial charge in [0.1, 0.15) is 0 Å².